The number of hydrogen-bond donors (Lipinski definition) is 2. The van der Waals surface area contributed by atoms with Crippen LogP contribution in [0, 0.1) is 0 Å². The summed E-state index contributed by atoms with van der Waals surface area (Å²) in [5.74, 6) is 0.439. The van der Waals surface area contributed by atoms with Gasteiger partial charge in [0.05, 0.1) is 18.9 Å². The first-order valence-corrected chi connectivity index (χ1v) is 6.06. The van der Waals surface area contributed by atoms with Crippen LogP contribution in [0.25, 0.3) is 0 Å². The molecule has 5 heteroatoms. The lowest BCUT2D eigenvalue weighted by atomic mass is 10.1. The van der Waals surface area contributed by atoms with E-state index in [0.717, 1.165) is 51.3 Å². The van der Waals surface area contributed by atoms with Crippen molar-refractivity contribution < 1.29 is 4.74 Å². The molecule has 0 aliphatic carbocycles. The first-order chi connectivity index (χ1) is 8.27. The second kappa shape index (κ2) is 5.84. The highest BCUT2D eigenvalue weighted by Crippen LogP contribution is 2.18. The minimum absolute atomic E-state index is 0.439. The van der Waals surface area contributed by atoms with E-state index in [9.17, 15) is 0 Å². The molecule has 1 aromatic rings. The van der Waals surface area contributed by atoms with Crippen molar-refractivity contribution in [3.05, 3.63) is 17.8 Å². The van der Waals surface area contributed by atoms with Gasteiger partial charge in [0.25, 0.3) is 0 Å². The number of aryl methyl sites for hydroxylation is 1. The Balaban J connectivity index is 1.79. The van der Waals surface area contributed by atoms with Crippen molar-refractivity contribution in [1.29, 1.82) is 0 Å². The van der Waals surface area contributed by atoms with E-state index in [1.165, 1.54) is 0 Å². The highest BCUT2D eigenvalue weighted by atomic mass is 16.5. The topological polar surface area (TPSA) is 77.4 Å². The number of nitrogen functional groups attached to an aromatic ring is 2. The van der Waals surface area contributed by atoms with Crippen molar-refractivity contribution in [2.24, 2.45) is 0 Å². The maximum Gasteiger partial charge on any atom is 0.146 e. The summed E-state index contributed by atoms with van der Waals surface area (Å²) in [5.41, 5.74) is 13.3. The van der Waals surface area contributed by atoms with E-state index in [-0.39, 0.29) is 0 Å². The normalized spacial score (nSPS) is 17.2. The quantitative estimate of drug-likeness (QED) is 0.796. The summed E-state index contributed by atoms with van der Waals surface area (Å²) in [7, 11) is 0. The van der Waals surface area contributed by atoms with E-state index >= 15 is 0 Å². The fourth-order valence-electron chi connectivity index (χ4n) is 2.07. The van der Waals surface area contributed by atoms with E-state index in [1.807, 2.05) is 6.07 Å². The van der Waals surface area contributed by atoms with Gasteiger partial charge in [-0.1, -0.05) is 0 Å². The Hall–Kier alpha value is -1.33. The molecule has 94 valence electrons. The second-order valence-corrected chi connectivity index (χ2v) is 4.33. The molecule has 0 bridgehead atoms. The van der Waals surface area contributed by atoms with E-state index < -0.39 is 0 Å². The van der Waals surface area contributed by atoms with Crippen LogP contribution in [-0.4, -0.2) is 42.7 Å². The van der Waals surface area contributed by atoms with Crippen LogP contribution in [0.5, 0.6) is 0 Å². The molecular weight excluding hydrogens is 216 g/mol. The average molecular weight is 236 g/mol. The van der Waals surface area contributed by atoms with Crippen LogP contribution in [-0.2, 0) is 11.2 Å². The van der Waals surface area contributed by atoms with Crippen molar-refractivity contribution in [2.75, 3.05) is 44.3 Å². The second-order valence-electron chi connectivity index (χ2n) is 4.33. The zero-order valence-electron chi connectivity index (χ0n) is 10.1. The van der Waals surface area contributed by atoms with Gasteiger partial charge in [0.2, 0.25) is 0 Å². The maximum atomic E-state index is 5.88. The molecule has 2 heterocycles. The SMILES string of the molecule is Nc1nccc(CCCN2CCOCC2)c1N. The van der Waals surface area contributed by atoms with E-state index in [4.69, 9.17) is 16.2 Å². The lowest BCUT2D eigenvalue weighted by molar-refractivity contribution is 0.0375. The van der Waals surface area contributed by atoms with E-state index in [2.05, 4.69) is 9.88 Å². The van der Waals surface area contributed by atoms with Crippen molar-refractivity contribution >= 4 is 11.5 Å². The van der Waals surface area contributed by atoms with Gasteiger partial charge in [-0.25, -0.2) is 4.98 Å². The minimum atomic E-state index is 0.439. The summed E-state index contributed by atoms with van der Waals surface area (Å²) in [5, 5.41) is 0. The largest absolute Gasteiger partial charge is 0.396 e. The maximum absolute atomic E-state index is 5.88. The first kappa shape index (κ1) is 12.1. The molecule has 1 fully saturated rings. The summed E-state index contributed by atoms with van der Waals surface area (Å²) in [6.07, 6.45) is 3.76. The van der Waals surface area contributed by atoms with Gasteiger partial charge in [0, 0.05) is 19.3 Å². The Labute approximate surface area is 102 Å². The molecule has 4 N–H and O–H groups in total. The molecule has 1 aromatic heterocycles. The molecule has 0 atom stereocenters. The summed E-state index contributed by atoms with van der Waals surface area (Å²) < 4.78 is 5.31. The number of morpholine rings is 1. The molecule has 1 saturated heterocycles. The number of anilines is 2. The molecule has 0 spiro atoms. The fourth-order valence-corrected chi connectivity index (χ4v) is 2.07. The molecule has 1 aliphatic rings. The zero-order chi connectivity index (χ0) is 12.1. The summed E-state index contributed by atoms with van der Waals surface area (Å²) in [4.78, 5) is 6.38. The third kappa shape index (κ3) is 3.31. The monoisotopic (exact) mass is 236 g/mol. The lowest BCUT2D eigenvalue weighted by Crippen LogP contribution is -2.36. The van der Waals surface area contributed by atoms with Gasteiger partial charge < -0.3 is 16.2 Å². The van der Waals surface area contributed by atoms with Crippen LogP contribution in [0.1, 0.15) is 12.0 Å². The molecule has 0 amide bonds. The van der Waals surface area contributed by atoms with Gasteiger partial charge in [-0.3, -0.25) is 4.90 Å². The summed E-state index contributed by atoms with van der Waals surface area (Å²) in [6.45, 7) is 4.86. The molecule has 1 aliphatic heterocycles. The molecule has 2 rings (SSSR count). The summed E-state index contributed by atoms with van der Waals surface area (Å²) in [6, 6.07) is 1.95. The van der Waals surface area contributed by atoms with Gasteiger partial charge in [0.15, 0.2) is 0 Å². The standard InChI is InChI=1S/C12H20N4O/c13-11-10(3-4-15-12(11)14)2-1-5-16-6-8-17-9-7-16/h3-4H,1-2,5-9,13H2,(H2,14,15). The van der Waals surface area contributed by atoms with Gasteiger partial charge >= 0.3 is 0 Å². The average Bonchev–Trinajstić information content (AvgIpc) is 2.36. The van der Waals surface area contributed by atoms with Gasteiger partial charge in [-0.15, -0.1) is 0 Å². The van der Waals surface area contributed by atoms with Crippen LogP contribution >= 0.6 is 0 Å². The highest BCUT2D eigenvalue weighted by molar-refractivity contribution is 5.62. The minimum Gasteiger partial charge on any atom is -0.396 e. The van der Waals surface area contributed by atoms with Crippen LogP contribution in [0.4, 0.5) is 11.5 Å². The molecule has 17 heavy (non-hydrogen) atoms. The van der Waals surface area contributed by atoms with Crippen LogP contribution in [0.15, 0.2) is 12.3 Å². The van der Waals surface area contributed by atoms with Crippen LogP contribution in [0.2, 0.25) is 0 Å². The van der Waals surface area contributed by atoms with Crippen LogP contribution < -0.4 is 11.5 Å². The number of nitrogens with zero attached hydrogens (tertiary/aromatic N) is 2. The molecule has 5 nitrogen and oxygen atoms in total. The number of aromatic nitrogens is 1. The molecule has 0 aromatic carbocycles. The summed E-state index contributed by atoms with van der Waals surface area (Å²) >= 11 is 0. The van der Waals surface area contributed by atoms with Gasteiger partial charge in [-0.2, -0.15) is 0 Å². The van der Waals surface area contributed by atoms with Crippen molar-refractivity contribution in [3.63, 3.8) is 0 Å². The first-order valence-electron chi connectivity index (χ1n) is 6.06. The van der Waals surface area contributed by atoms with E-state index in [1.54, 1.807) is 6.20 Å². The number of pyridine rings is 1. The lowest BCUT2D eigenvalue weighted by Gasteiger charge is -2.26. The number of nitrogens with two attached hydrogens (primary N) is 2. The van der Waals surface area contributed by atoms with Crippen molar-refractivity contribution in [3.8, 4) is 0 Å². The predicted octanol–water partition coefficient (Wildman–Crippen LogP) is 0.511. The molecule has 0 radical (unpaired) electrons. The number of hydrogen-bond acceptors (Lipinski definition) is 5. The van der Waals surface area contributed by atoms with Gasteiger partial charge in [-0.05, 0) is 31.0 Å². The zero-order valence-corrected chi connectivity index (χ0v) is 10.1. The predicted molar refractivity (Wildman–Crippen MR) is 68.6 cm³/mol. The number of ether oxygens (including phenoxy) is 1. The van der Waals surface area contributed by atoms with Crippen molar-refractivity contribution in [2.45, 2.75) is 12.8 Å². The van der Waals surface area contributed by atoms with E-state index in [0.29, 0.717) is 11.5 Å². The Morgan fingerprint density at radius 1 is 1.29 bits per heavy atom. The Bertz CT molecular complexity index is 364. The van der Waals surface area contributed by atoms with Crippen molar-refractivity contribution in [1.82, 2.24) is 9.88 Å². The number of rotatable bonds is 4. The Morgan fingerprint density at radius 2 is 2.06 bits per heavy atom. The third-order valence-corrected chi connectivity index (χ3v) is 3.14. The third-order valence-electron chi connectivity index (χ3n) is 3.14. The molecular formula is C12H20N4O. The molecule has 0 saturated carbocycles. The Morgan fingerprint density at radius 3 is 2.82 bits per heavy atom. The smallest absolute Gasteiger partial charge is 0.146 e. The highest BCUT2D eigenvalue weighted by Gasteiger charge is 2.10. The Kier molecular flexibility index (Phi) is 4.17. The van der Waals surface area contributed by atoms with Crippen LogP contribution in [0.3, 0.4) is 0 Å². The molecule has 0 unspecified atom stereocenters. The van der Waals surface area contributed by atoms with Gasteiger partial charge in [0.1, 0.15) is 5.82 Å². The fraction of sp³-hybridized carbons (Fsp3) is 0.583.